The van der Waals surface area contributed by atoms with Gasteiger partial charge < -0.3 is 14.5 Å². The highest BCUT2D eigenvalue weighted by molar-refractivity contribution is 7.18. The number of nitrogens with one attached hydrogen (secondary N) is 1. The normalized spacial score (nSPS) is 10.4. The molecule has 0 fully saturated rings. The van der Waals surface area contributed by atoms with Crippen molar-refractivity contribution in [3.05, 3.63) is 40.2 Å². The Bertz CT molecular complexity index is 743. The lowest BCUT2D eigenvalue weighted by atomic mass is 10.1. The van der Waals surface area contributed by atoms with Crippen molar-refractivity contribution in [2.45, 2.75) is 26.7 Å². The summed E-state index contributed by atoms with van der Waals surface area (Å²) in [6, 6.07) is 4.92. The number of Topliss-reactive ketones (excluding diaryl/α,β-unsaturated/α-hetero) is 1. The zero-order chi connectivity index (χ0) is 17.0. The van der Waals surface area contributed by atoms with E-state index >= 15 is 0 Å². The number of furan rings is 1. The van der Waals surface area contributed by atoms with Crippen LogP contribution >= 0.6 is 11.3 Å². The maximum Gasteiger partial charge on any atom is 0.348 e. The van der Waals surface area contributed by atoms with E-state index in [0.29, 0.717) is 33.4 Å². The second kappa shape index (κ2) is 7.23. The third-order valence-electron chi connectivity index (χ3n) is 3.20. The number of carbonyl (C=O) groups is 3. The molecule has 7 heteroatoms. The van der Waals surface area contributed by atoms with Crippen LogP contribution in [0, 0.1) is 6.92 Å². The molecule has 23 heavy (non-hydrogen) atoms. The first-order valence-electron chi connectivity index (χ1n) is 6.99. The maximum atomic E-state index is 11.9. The average Bonchev–Trinajstić information content (AvgIpc) is 3.11. The van der Waals surface area contributed by atoms with Crippen LogP contribution in [0.25, 0.3) is 0 Å². The first-order chi connectivity index (χ1) is 10.9. The molecule has 1 N–H and O–H groups in total. The molecule has 0 aliphatic rings. The number of rotatable bonds is 6. The van der Waals surface area contributed by atoms with Gasteiger partial charge >= 0.3 is 5.97 Å². The molecule has 122 valence electrons. The molecule has 0 bridgehead atoms. The van der Waals surface area contributed by atoms with Gasteiger partial charge in [0.1, 0.15) is 16.4 Å². The SMILES string of the molecule is COC(=O)c1ccc(NC(=O)CCc2cc(C(C)=O)c(C)o2)s1. The first-order valence-corrected chi connectivity index (χ1v) is 7.80. The van der Waals surface area contributed by atoms with E-state index in [4.69, 9.17) is 4.42 Å². The number of carbonyl (C=O) groups excluding carboxylic acids is 3. The van der Waals surface area contributed by atoms with E-state index in [-0.39, 0.29) is 18.1 Å². The number of thiophene rings is 1. The summed E-state index contributed by atoms with van der Waals surface area (Å²) in [5.74, 6) is 0.481. The molecule has 0 radical (unpaired) electrons. The highest BCUT2D eigenvalue weighted by Crippen LogP contribution is 2.23. The first kappa shape index (κ1) is 17.0. The number of anilines is 1. The van der Waals surface area contributed by atoms with E-state index in [9.17, 15) is 14.4 Å². The quantitative estimate of drug-likeness (QED) is 0.647. The van der Waals surface area contributed by atoms with E-state index in [0.717, 1.165) is 11.3 Å². The summed E-state index contributed by atoms with van der Waals surface area (Å²) in [5.41, 5.74) is 0.543. The minimum Gasteiger partial charge on any atom is -0.466 e. The highest BCUT2D eigenvalue weighted by Gasteiger charge is 2.14. The Morgan fingerprint density at radius 1 is 1.30 bits per heavy atom. The number of aryl methyl sites for hydroxylation is 2. The Balaban J connectivity index is 1.90. The second-order valence-corrected chi connectivity index (χ2v) is 6.03. The van der Waals surface area contributed by atoms with Crippen molar-refractivity contribution in [3.63, 3.8) is 0 Å². The minimum absolute atomic E-state index is 0.0594. The smallest absolute Gasteiger partial charge is 0.348 e. The molecule has 0 spiro atoms. The second-order valence-electron chi connectivity index (χ2n) is 4.94. The van der Waals surface area contributed by atoms with Crippen LogP contribution in [0.2, 0.25) is 0 Å². The van der Waals surface area contributed by atoms with E-state index < -0.39 is 5.97 Å². The van der Waals surface area contributed by atoms with E-state index in [1.54, 1.807) is 25.1 Å². The molecular formula is C16H17NO5S. The van der Waals surface area contributed by atoms with E-state index in [1.807, 2.05) is 0 Å². The predicted octanol–water partition coefficient (Wildman–Crippen LogP) is 3.21. The third-order valence-corrected chi connectivity index (χ3v) is 4.18. The summed E-state index contributed by atoms with van der Waals surface area (Å²) in [7, 11) is 1.31. The molecule has 0 aliphatic heterocycles. The van der Waals surface area contributed by atoms with Gasteiger partial charge in [0.2, 0.25) is 5.91 Å². The Morgan fingerprint density at radius 3 is 2.65 bits per heavy atom. The lowest BCUT2D eigenvalue weighted by Gasteiger charge is -2.01. The summed E-state index contributed by atoms with van der Waals surface area (Å²) in [5, 5.41) is 3.30. The fourth-order valence-corrected chi connectivity index (χ4v) is 2.91. The summed E-state index contributed by atoms with van der Waals surface area (Å²) in [4.78, 5) is 35.1. The molecule has 0 saturated carbocycles. The molecule has 0 aliphatic carbocycles. The fourth-order valence-electron chi connectivity index (χ4n) is 2.07. The van der Waals surface area contributed by atoms with Crippen molar-refractivity contribution >= 4 is 34.0 Å². The van der Waals surface area contributed by atoms with Crippen LogP contribution in [0.15, 0.2) is 22.6 Å². The van der Waals surface area contributed by atoms with Crippen LogP contribution in [-0.4, -0.2) is 24.8 Å². The Kier molecular flexibility index (Phi) is 5.33. The predicted molar refractivity (Wildman–Crippen MR) is 86.1 cm³/mol. The number of esters is 1. The third kappa shape index (κ3) is 4.29. The molecule has 2 rings (SSSR count). The average molecular weight is 335 g/mol. The molecule has 0 aromatic carbocycles. The number of ketones is 1. The summed E-state index contributed by atoms with van der Waals surface area (Å²) < 4.78 is 10.1. The molecule has 1 amide bonds. The van der Waals surface area contributed by atoms with Crippen molar-refractivity contribution < 1.29 is 23.5 Å². The zero-order valence-electron chi connectivity index (χ0n) is 13.1. The molecule has 2 heterocycles. The number of methoxy groups -OCH3 is 1. The van der Waals surface area contributed by atoms with Gasteiger partial charge in [-0.25, -0.2) is 4.79 Å². The van der Waals surface area contributed by atoms with E-state index in [2.05, 4.69) is 10.1 Å². The van der Waals surface area contributed by atoms with Crippen molar-refractivity contribution in [1.82, 2.24) is 0 Å². The van der Waals surface area contributed by atoms with Gasteiger partial charge in [-0.1, -0.05) is 0 Å². The van der Waals surface area contributed by atoms with Gasteiger partial charge in [-0.3, -0.25) is 9.59 Å². The number of amides is 1. The van der Waals surface area contributed by atoms with Crippen molar-refractivity contribution in [1.29, 1.82) is 0 Å². The molecule has 0 saturated heterocycles. The number of hydrogen-bond acceptors (Lipinski definition) is 6. The Hall–Kier alpha value is -2.41. The lowest BCUT2D eigenvalue weighted by molar-refractivity contribution is -0.116. The number of ether oxygens (including phenoxy) is 1. The van der Waals surface area contributed by atoms with Crippen molar-refractivity contribution in [2.75, 3.05) is 12.4 Å². The van der Waals surface area contributed by atoms with Crippen LogP contribution in [-0.2, 0) is 16.0 Å². The van der Waals surface area contributed by atoms with Gasteiger partial charge in [0.15, 0.2) is 5.78 Å². The van der Waals surface area contributed by atoms with Crippen LogP contribution in [0.5, 0.6) is 0 Å². The molecule has 0 unspecified atom stereocenters. The van der Waals surface area contributed by atoms with Crippen molar-refractivity contribution in [3.8, 4) is 0 Å². The zero-order valence-corrected chi connectivity index (χ0v) is 13.9. The Morgan fingerprint density at radius 2 is 2.04 bits per heavy atom. The monoisotopic (exact) mass is 335 g/mol. The van der Waals surface area contributed by atoms with Crippen LogP contribution in [0.4, 0.5) is 5.00 Å². The lowest BCUT2D eigenvalue weighted by Crippen LogP contribution is -2.11. The number of hydrogen-bond donors (Lipinski definition) is 1. The maximum absolute atomic E-state index is 11.9. The molecule has 6 nitrogen and oxygen atoms in total. The van der Waals surface area contributed by atoms with Gasteiger partial charge in [-0.05, 0) is 32.0 Å². The standard InChI is InChI=1S/C16H17NO5S/c1-9(18)12-8-11(22-10(12)2)4-6-14(19)17-15-7-5-13(23-15)16(20)21-3/h5,7-8H,4,6H2,1-3H3,(H,17,19). The fraction of sp³-hybridized carbons (Fsp3) is 0.312. The van der Waals surface area contributed by atoms with Gasteiger partial charge in [-0.2, -0.15) is 0 Å². The summed E-state index contributed by atoms with van der Waals surface area (Å²) >= 11 is 1.15. The van der Waals surface area contributed by atoms with E-state index in [1.165, 1.54) is 14.0 Å². The van der Waals surface area contributed by atoms with Gasteiger partial charge in [-0.15, -0.1) is 11.3 Å². The Labute approximate surface area is 137 Å². The van der Waals surface area contributed by atoms with Gasteiger partial charge in [0.05, 0.1) is 17.7 Å². The topological polar surface area (TPSA) is 85.6 Å². The van der Waals surface area contributed by atoms with Crippen LogP contribution in [0.3, 0.4) is 0 Å². The minimum atomic E-state index is -0.432. The highest BCUT2D eigenvalue weighted by atomic mass is 32.1. The molecule has 2 aromatic heterocycles. The van der Waals surface area contributed by atoms with Gasteiger partial charge in [0, 0.05) is 12.8 Å². The van der Waals surface area contributed by atoms with Gasteiger partial charge in [0.25, 0.3) is 0 Å². The molecule has 0 atom stereocenters. The van der Waals surface area contributed by atoms with Crippen molar-refractivity contribution in [2.24, 2.45) is 0 Å². The van der Waals surface area contributed by atoms with Crippen LogP contribution < -0.4 is 5.32 Å². The summed E-state index contributed by atoms with van der Waals surface area (Å²) in [6.45, 7) is 3.20. The molecule has 2 aromatic rings. The largest absolute Gasteiger partial charge is 0.466 e. The molecular weight excluding hydrogens is 318 g/mol. The van der Waals surface area contributed by atoms with Crippen LogP contribution in [0.1, 0.15) is 44.9 Å². The summed E-state index contributed by atoms with van der Waals surface area (Å²) in [6.07, 6.45) is 0.616.